The van der Waals surface area contributed by atoms with Gasteiger partial charge in [0.25, 0.3) is 0 Å². The molecule has 0 amide bonds. The fourth-order valence-electron chi connectivity index (χ4n) is 1.43. The molecule has 1 aromatic heterocycles. The van der Waals surface area contributed by atoms with Crippen LogP contribution in [-0.2, 0) is 16.1 Å². The predicted octanol–water partition coefficient (Wildman–Crippen LogP) is 0.856. The average Bonchev–Trinajstić information content (AvgIpc) is 2.66. The molecule has 1 aromatic rings. The summed E-state index contributed by atoms with van der Waals surface area (Å²) in [5.74, 6) is -0.299. The Labute approximate surface area is 89.2 Å². The van der Waals surface area contributed by atoms with E-state index >= 15 is 0 Å². The van der Waals surface area contributed by atoms with Crippen LogP contribution in [0.3, 0.4) is 0 Å². The van der Waals surface area contributed by atoms with Gasteiger partial charge < -0.3 is 15.0 Å². The van der Waals surface area contributed by atoms with Crippen molar-refractivity contribution in [1.82, 2.24) is 9.55 Å². The summed E-state index contributed by atoms with van der Waals surface area (Å²) in [5.41, 5.74) is 6.76. The van der Waals surface area contributed by atoms with Gasteiger partial charge in [-0.1, -0.05) is 6.92 Å². The lowest BCUT2D eigenvalue weighted by molar-refractivity contribution is -0.141. The number of methoxy groups -OCH3 is 1. The van der Waals surface area contributed by atoms with Crippen molar-refractivity contribution in [2.45, 2.75) is 32.4 Å². The molecule has 5 heteroatoms. The van der Waals surface area contributed by atoms with Gasteiger partial charge in [0.15, 0.2) is 0 Å². The largest absolute Gasteiger partial charge is 0.469 e. The van der Waals surface area contributed by atoms with E-state index in [1.807, 2.05) is 4.57 Å². The number of nitrogens with two attached hydrogens (primary N) is 1. The van der Waals surface area contributed by atoms with Gasteiger partial charge in [-0.3, -0.25) is 4.79 Å². The quantitative estimate of drug-likeness (QED) is 0.733. The number of carbonyl (C=O) groups excluding carboxylic acids is 1. The molecule has 0 radical (unpaired) electrons. The Hall–Kier alpha value is -1.36. The van der Waals surface area contributed by atoms with E-state index in [-0.39, 0.29) is 18.4 Å². The first-order valence-corrected chi connectivity index (χ1v) is 5.01. The Kier molecular flexibility index (Phi) is 4.30. The third-order valence-electron chi connectivity index (χ3n) is 2.20. The van der Waals surface area contributed by atoms with Gasteiger partial charge in [0.1, 0.15) is 0 Å². The summed E-state index contributed by atoms with van der Waals surface area (Å²) < 4.78 is 6.54. The summed E-state index contributed by atoms with van der Waals surface area (Å²) in [6.45, 7) is 2.94. The average molecular weight is 211 g/mol. The van der Waals surface area contributed by atoms with Gasteiger partial charge in [-0.2, -0.15) is 0 Å². The van der Waals surface area contributed by atoms with E-state index in [4.69, 9.17) is 5.73 Å². The molecular weight excluding hydrogens is 194 g/mol. The van der Waals surface area contributed by atoms with Crippen molar-refractivity contribution in [2.24, 2.45) is 5.73 Å². The number of esters is 1. The van der Waals surface area contributed by atoms with Gasteiger partial charge in [-0.15, -0.1) is 0 Å². The number of hydrogen-bond donors (Lipinski definition) is 1. The first kappa shape index (κ1) is 11.7. The molecule has 0 saturated heterocycles. The van der Waals surface area contributed by atoms with Crippen molar-refractivity contribution in [3.8, 4) is 0 Å². The number of rotatable bonds is 5. The van der Waals surface area contributed by atoms with E-state index in [1.165, 1.54) is 7.11 Å². The molecule has 0 unspecified atom stereocenters. The van der Waals surface area contributed by atoms with E-state index in [1.54, 1.807) is 12.5 Å². The van der Waals surface area contributed by atoms with Crippen molar-refractivity contribution in [2.75, 3.05) is 7.11 Å². The molecule has 0 fully saturated rings. The summed E-state index contributed by atoms with van der Waals surface area (Å²) in [6.07, 6.45) is 4.62. The number of aryl methyl sites for hydroxylation is 1. The summed E-state index contributed by atoms with van der Waals surface area (Å²) in [4.78, 5) is 15.1. The second-order valence-corrected chi connectivity index (χ2v) is 3.40. The van der Waals surface area contributed by atoms with E-state index in [0.29, 0.717) is 0 Å². The molecule has 0 aliphatic carbocycles. The van der Waals surface area contributed by atoms with Crippen LogP contribution < -0.4 is 5.73 Å². The van der Waals surface area contributed by atoms with Crippen LogP contribution in [0.5, 0.6) is 0 Å². The van der Waals surface area contributed by atoms with Crippen LogP contribution in [0.1, 0.15) is 31.5 Å². The van der Waals surface area contributed by atoms with Gasteiger partial charge in [0.2, 0.25) is 0 Å². The number of carbonyl (C=O) groups is 1. The monoisotopic (exact) mass is 211 g/mol. The molecule has 0 saturated carbocycles. The van der Waals surface area contributed by atoms with Crippen LogP contribution in [0, 0.1) is 0 Å². The third-order valence-corrected chi connectivity index (χ3v) is 2.20. The molecular formula is C10H17N3O2. The lowest BCUT2D eigenvalue weighted by Gasteiger charge is -2.12. The number of aromatic nitrogens is 2. The Balaban J connectivity index is 2.68. The van der Waals surface area contributed by atoms with Gasteiger partial charge in [-0.05, 0) is 6.42 Å². The molecule has 1 heterocycles. The van der Waals surface area contributed by atoms with E-state index in [9.17, 15) is 4.79 Å². The standard InChI is InChI=1S/C10H17N3O2/c1-3-4-13-7-12-6-9(13)8(11)5-10(14)15-2/h6-8H,3-5,11H2,1-2H3/t8-/m0/s1. The van der Waals surface area contributed by atoms with Crippen LogP contribution in [0.25, 0.3) is 0 Å². The predicted molar refractivity (Wildman–Crippen MR) is 56.1 cm³/mol. The molecule has 1 atom stereocenters. The minimum absolute atomic E-state index is 0.186. The Morgan fingerprint density at radius 2 is 2.47 bits per heavy atom. The third kappa shape index (κ3) is 3.06. The Morgan fingerprint density at radius 1 is 1.73 bits per heavy atom. The number of imidazole rings is 1. The smallest absolute Gasteiger partial charge is 0.307 e. The highest BCUT2D eigenvalue weighted by Crippen LogP contribution is 2.14. The normalized spacial score (nSPS) is 12.5. The minimum atomic E-state index is -0.341. The number of hydrogen-bond acceptors (Lipinski definition) is 4. The molecule has 5 nitrogen and oxygen atoms in total. The van der Waals surface area contributed by atoms with Gasteiger partial charge in [-0.25, -0.2) is 4.98 Å². The van der Waals surface area contributed by atoms with Crippen molar-refractivity contribution < 1.29 is 9.53 Å². The van der Waals surface area contributed by atoms with Crippen molar-refractivity contribution in [3.63, 3.8) is 0 Å². The molecule has 84 valence electrons. The van der Waals surface area contributed by atoms with Gasteiger partial charge in [0, 0.05) is 12.7 Å². The fraction of sp³-hybridized carbons (Fsp3) is 0.600. The van der Waals surface area contributed by atoms with Crippen molar-refractivity contribution in [3.05, 3.63) is 18.2 Å². The molecule has 15 heavy (non-hydrogen) atoms. The highest BCUT2D eigenvalue weighted by Gasteiger charge is 2.15. The zero-order chi connectivity index (χ0) is 11.3. The van der Waals surface area contributed by atoms with Crippen molar-refractivity contribution in [1.29, 1.82) is 0 Å². The van der Waals surface area contributed by atoms with Crippen LogP contribution in [0.4, 0.5) is 0 Å². The highest BCUT2D eigenvalue weighted by atomic mass is 16.5. The SMILES string of the molecule is CCCn1cncc1[C@@H](N)CC(=O)OC. The van der Waals surface area contributed by atoms with Gasteiger partial charge in [0.05, 0.1) is 31.6 Å². The van der Waals surface area contributed by atoms with Crippen LogP contribution in [0.2, 0.25) is 0 Å². The zero-order valence-corrected chi connectivity index (χ0v) is 9.14. The second-order valence-electron chi connectivity index (χ2n) is 3.40. The number of nitrogens with zero attached hydrogens (tertiary/aromatic N) is 2. The topological polar surface area (TPSA) is 70.1 Å². The molecule has 0 aliphatic rings. The first-order valence-electron chi connectivity index (χ1n) is 5.01. The van der Waals surface area contributed by atoms with Crippen LogP contribution in [-0.4, -0.2) is 22.6 Å². The van der Waals surface area contributed by atoms with E-state index < -0.39 is 0 Å². The highest BCUT2D eigenvalue weighted by molar-refractivity contribution is 5.70. The molecule has 0 aromatic carbocycles. The Bertz CT molecular complexity index is 322. The summed E-state index contributed by atoms with van der Waals surface area (Å²) in [5, 5.41) is 0. The van der Waals surface area contributed by atoms with Crippen LogP contribution in [0.15, 0.2) is 12.5 Å². The summed E-state index contributed by atoms with van der Waals surface area (Å²) in [7, 11) is 1.36. The molecule has 0 spiro atoms. The maximum atomic E-state index is 11.1. The summed E-state index contributed by atoms with van der Waals surface area (Å²) in [6, 6.07) is -0.341. The summed E-state index contributed by atoms with van der Waals surface area (Å²) >= 11 is 0. The molecule has 1 rings (SSSR count). The molecule has 2 N–H and O–H groups in total. The lowest BCUT2D eigenvalue weighted by Crippen LogP contribution is -2.19. The second kappa shape index (κ2) is 5.50. The van der Waals surface area contributed by atoms with Gasteiger partial charge >= 0.3 is 5.97 Å². The first-order chi connectivity index (χ1) is 7.19. The maximum Gasteiger partial charge on any atom is 0.307 e. The zero-order valence-electron chi connectivity index (χ0n) is 9.14. The minimum Gasteiger partial charge on any atom is -0.469 e. The van der Waals surface area contributed by atoms with E-state index in [2.05, 4.69) is 16.6 Å². The Morgan fingerprint density at radius 3 is 3.07 bits per heavy atom. The fourth-order valence-corrected chi connectivity index (χ4v) is 1.43. The van der Waals surface area contributed by atoms with Crippen molar-refractivity contribution >= 4 is 5.97 Å². The van der Waals surface area contributed by atoms with E-state index in [0.717, 1.165) is 18.7 Å². The number of ether oxygens (including phenoxy) is 1. The van der Waals surface area contributed by atoms with Crippen LogP contribution >= 0.6 is 0 Å². The maximum absolute atomic E-state index is 11.1. The lowest BCUT2D eigenvalue weighted by atomic mass is 10.1. The molecule has 0 bridgehead atoms. The molecule has 0 aliphatic heterocycles.